The molecule has 5 nitrogen and oxygen atoms in total. The van der Waals surface area contributed by atoms with Gasteiger partial charge in [-0.05, 0) is 25.7 Å². The fraction of sp³-hybridized carbons (Fsp3) is 0.667. The summed E-state index contributed by atoms with van der Waals surface area (Å²) in [5.74, 6) is -1.49. The third-order valence-corrected chi connectivity index (χ3v) is 3.95. The summed E-state index contributed by atoms with van der Waals surface area (Å²) in [6, 6.07) is 0. The lowest BCUT2D eigenvalue weighted by Crippen LogP contribution is -2.54. The number of hydrogen-bond acceptors (Lipinski definition) is 3. The molecule has 0 spiro atoms. The molecule has 1 unspecified atom stereocenters. The van der Waals surface area contributed by atoms with Crippen LogP contribution in [0.15, 0.2) is 12.7 Å². The summed E-state index contributed by atoms with van der Waals surface area (Å²) in [5, 5.41) is 9.02. The van der Waals surface area contributed by atoms with E-state index in [0.717, 1.165) is 12.8 Å². The van der Waals surface area contributed by atoms with Crippen LogP contribution in [0, 0.1) is 5.92 Å². The maximum atomic E-state index is 11.4. The van der Waals surface area contributed by atoms with Crippen molar-refractivity contribution in [2.75, 3.05) is 5.75 Å². The predicted octanol–water partition coefficient (Wildman–Crippen LogP) is 0.345. The lowest BCUT2D eigenvalue weighted by Gasteiger charge is -2.25. The largest absolute Gasteiger partial charge is 0.480 e. The van der Waals surface area contributed by atoms with Gasteiger partial charge in [-0.25, -0.2) is 8.42 Å². The van der Waals surface area contributed by atoms with Gasteiger partial charge in [-0.15, -0.1) is 6.58 Å². The molecule has 6 heteroatoms. The lowest BCUT2D eigenvalue weighted by molar-refractivity contribution is -0.144. The first-order valence-electron chi connectivity index (χ1n) is 4.68. The molecule has 0 aromatic rings. The van der Waals surface area contributed by atoms with Gasteiger partial charge in [0.15, 0.2) is 0 Å². The molecule has 0 radical (unpaired) electrons. The number of carboxylic acid groups (broad SMARTS) is 1. The molecule has 1 rings (SSSR count). The summed E-state index contributed by atoms with van der Waals surface area (Å²) < 4.78 is 25.1. The molecule has 0 saturated heterocycles. The fourth-order valence-corrected chi connectivity index (χ4v) is 2.78. The van der Waals surface area contributed by atoms with E-state index in [9.17, 15) is 13.2 Å². The number of hydrogen-bond donors (Lipinski definition) is 2. The zero-order valence-corrected chi connectivity index (χ0v) is 9.38. The Morgan fingerprint density at radius 2 is 2.20 bits per heavy atom. The van der Waals surface area contributed by atoms with Gasteiger partial charge in [0.05, 0.1) is 5.75 Å². The van der Waals surface area contributed by atoms with Crippen LogP contribution in [0.25, 0.3) is 0 Å². The number of rotatable bonds is 6. The van der Waals surface area contributed by atoms with Crippen LogP contribution in [-0.4, -0.2) is 30.8 Å². The molecule has 1 fully saturated rings. The SMILES string of the molecule is C=CCS(=O)(=O)NC(C)(C(=O)O)C1CC1. The highest BCUT2D eigenvalue weighted by molar-refractivity contribution is 7.89. The lowest BCUT2D eigenvalue weighted by atomic mass is 9.98. The van der Waals surface area contributed by atoms with Gasteiger partial charge >= 0.3 is 5.97 Å². The predicted molar refractivity (Wildman–Crippen MR) is 55.9 cm³/mol. The summed E-state index contributed by atoms with van der Waals surface area (Å²) in [7, 11) is -3.59. The first kappa shape index (κ1) is 12.2. The highest BCUT2D eigenvalue weighted by Crippen LogP contribution is 2.40. The molecule has 1 aliphatic rings. The van der Waals surface area contributed by atoms with Gasteiger partial charge in [0, 0.05) is 0 Å². The van der Waals surface area contributed by atoms with E-state index in [1.165, 1.54) is 13.0 Å². The highest BCUT2D eigenvalue weighted by atomic mass is 32.2. The van der Waals surface area contributed by atoms with Crippen LogP contribution in [0.2, 0.25) is 0 Å². The molecule has 0 amide bonds. The van der Waals surface area contributed by atoms with E-state index in [1.807, 2.05) is 0 Å². The monoisotopic (exact) mass is 233 g/mol. The van der Waals surface area contributed by atoms with Crippen molar-refractivity contribution in [3.8, 4) is 0 Å². The van der Waals surface area contributed by atoms with Crippen LogP contribution in [0.5, 0.6) is 0 Å². The highest BCUT2D eigenvalue weighted by Gasteiger charge is 2.49. The van der Waals surface area contributed by atoms with Crippen LogP contribution in [0.1, 0.15) is 19.8 Å². The van der Waals surface area contributed by atoms with Gasteiger partial charge in [-0.1, -0.05) is 6.08 Å². The Morgan fingerprint density at radius 3 is 2.53 bits per heavy atom. The maximum absolute atomic E-state index is 11.4. The number of carbonyl (C=O) groups is 1. The number of nitrogens with one attached hydrogen (secondary N) is 1. The van der Waals surface area contributed by atoms with Crippen molar-refractivity contribution in [2.45, 2.75) is 25.3 Å². The average Bonchev–Trinajstić information content (AvgIpc) is 2.83. The van der Waals surface area contributed by atoms with Crippen LogP contribution >= 0.6 is 0 Å². The second-order valence-corrected chi connectivity index (χ2v) is 5.72. The van der Waals surface area contributed by atoms with Crippen LogP contribution in [0.3, 0.4) is 0 Å². The molecule has 1 saturated carbocycles. The van der Waals surface area contributed by atoms with E-state index in [4.69, 9.17) is 5.11 Å². The molecule has 0 heterocycles. The van der Waals surface area contributed by atoms with Crippen molar-refractivity contribution >= 4 is 16.0 Å². The van der Waals surface area contributed by atoms with Crippen molar-refractivity contribution < 1.29 is 18.3 Å². The molecule has 1 atom stereocenters. The third-order valence-electron chi connectivity index (χ3n) is 2.54. The molecular weight excluding hydrogens is 218 g/mol. The van der Waals surface area contributed by atoms with Crippen molar-refractivity contribution in [3.63, 3.8) is 0 Å². The van der Waals surface area contributed by atoms with Gasteiger partial charge in [0.2, 0.25) is 10.0 Å². The minimum Gasteiger partial charge on any atom is -0.480 e. The molecule has 0 aliphatic heterocycles. The first-order chi connectivity index (χ1) is 6.82. The minimum absolute atomic E-state index is 0.102. The summed E-state index contributed by atoms with van der Waals surface area (Å²) in [4.78, 5) is 11.0. The Balaban J connectivity index is 2.84. The Hall–Kier alpha value is -0.880. The van der Waals surface area contributed by atoms with E-state index in [2.05, 4.69) is 11.3 Å². The van der Waals surface area contributed by atoms with Gasteiger partial charge in [0.25, 0.3) is 0 Å². The molecule has 0 aromatic heterocycles. The normalized spacial score (nSPS) is 20.6. The van der Waals surface area contributed by atoms with E-state index in [-0.39, 0.29) is 11.7 Å². The van der Waals surface area contributed by atoms with Crippen LogP contribution in [-0.2, 0) is 14.8 Å². The van der Waals surface area contributed by atoms with Crippen molar-refractivity contribution in [3.05, 3.63) is 12.7 Å². The topological polar surface area (TPSA) is 83.5 Å². The van der Waals surface area contributed by atoms with Gasteiger partial charge in [0.1, 0.15) is 5.54 Å². The molecular formula is C9H15NO4S. The Kier molecular flexibility index (Phi) is 3.20. The number of carboxylic acids is 1. The second kappa shape index (κ2) is 3.94. The van der Waals surface area contributed by atoms with Crippen molar-refractivity contribution in [2.24, 2.45) is 5.92 Å². The first-order valence-corrected chi connectivity index (χ1v) is 6.33. The van der Waals surface area contributed by atoms with Gasteiger partial charge in [-0.2, -0.15) is 4.72 Å². The molecule has 86 valence electrons. The minimum atomic E-state index is -3.59. The van der Waals surface area contributed by atoms with Crippen molar-refractivity contribution in [1.29, 1.82) is 0 Å². The van der Waals surface area contributed by atoms with Crippen LogP contribution in [0.4, 0.5) is 0 Å². The second-order valence-electron chi connectivity index (χ2n) is 3.95. The summed E-state index contributed by atoms with van der Waals surface area (Å²) in [6.07, 6.45) is 2.73. The standard InChI is InChI=1S/C9H15NO4S/c1-3-6-15(13,14)10-9(2,8(11)12)7-4-5-7/h3,7,10H,1,4-6H2,2H3,(H,11,12). The van der Waals surface area contributed by atoms with Crippen molar-refractivity contribution in [1.82, 2.24) is 4.72 Å². The molecule has 0 bridgehead atoms. The molecule has 2 N–H and O–H groups in total. The quantitative estimate of drug-likeness (QED) is 0.648. The smallest absolute Gasteiger partial charge is 0.324 e. The summed E-state index contributed by atoms with van der Waals surface area (Å²) in [6.45, 7) is 4.72. The van der Waals surface area contributed by atoms with E-state index in [0.29, 0.717) is 0 Å². The molecule has 15 heavy (non-hydrogen) atoms. The Morgan fingerprint density at radius 1 is 1.67 bits per heavy atom. The Bertz CT molecular complexity index is 372. The zero-order valence-electron chi connectivity index (χ0n) is 8.56. The fourth-order valence-electron chi connectivity index (χ4n) is 1.48. The Labute approximate surface area is 89.2 Å². The van der Waals surface area contributed by atoms with E-state index < -0.39 is 21.5 Å². The van der Waals surface area contributed by atoms with Gasteiger partial charge in [-0.3, -0.25) is 4.79 Å². The molecule has 0 aromatic carbocycles. The van der Waals surface area contributed by atoms with Gasteiger partial charge < -0.3 is 5.11 Å². The average molecular weight is 233 g/mol. The third kappa shape index (κ3) is 2.79. The van der Waals surface area contributed by atoms with E-state index >= 15 is 0 Å². The van der Waals surface area contributed by atoms with Crippen LogP contribution < -0.4 is 4.72 Å². The van der Waals surface area contributed by atoms with E-state index in [1.54, 1.807) is 0 Å². The molecule has 1 aliphatic carbocycles. The summed E-state index contributed by atoms with van der Waals surface area (Å²) in [5.41, 5.74) is -1.37. The zero-order chi connectivity index (χ0) is 11.7. The number of aliphatic carboxylic acids is 1. The summed E-state index contributed by atoms with van der Waals surface area (Å²) >= 11 is 0. The maximum Gasteiger partial charge on any atom is 0.324 e. The number of sulfonamides is 1.